The molecule has 0 spiro atoms. The van der Waals surface area contributed by atoms with Gasteiger partial charge in [0.2, 0.25) is 10.0 Å². The quantitative estimate of drug-likeness (QED) is 0.208. The van der Waals surface area contributed by atoms with Gasteiger partial charge in [-0.1, -0.05) is 11.6 Å². The first kappa shape index (κ1) is 33.7. The van der Waals surface area contributed by atoms with Gasteiger partial charge >= 0.3 is 6.18 Å². The fourth-order valence-corrected chi connectivity index (χ4v) is 10.0. The molecule has 2 aromatic heterocycles. The Balaban J connectivity index is 1.07. The molecule has 16 heteroatoms. The summed E-state index contributed by atoms with van der Waals surface area (Å²) in [6.07, 6.45) is 1.81. The lowest BCUT2D eigenvalue weighted by molar-refractivity contribution is -0.136. The van der Waals surface area contributed by atoms with Crippen molar-refractivity contribution < 1.29 is 31.5 Å². The van der Waals surface area contributed by atoms with Gasteiger partial charge in [-0.05, 0) is 89.6 Å². The van der Waals surface area contributed by atoms with Crippen molar-refractivity contribution >= 4 is 50.5 Å². The van der Waals surface area contributed by atoms with Crippen molar-refractivity contribution in [2.45, 2.75) is 82.6 Å². The van der Waals surface area contributed by atoms with Gasteiger partial charge in [-0.2, -0.15) is 17.5 Å². The van der Waals surface area contributed by atoms with Crippen LogP contribution in [0.2, 0.25) is 5.02 Å². The molecule has 1 aromatic carbocycles. The molecule has 3 aliphatic heterocycles. The average molecular weight is 698 g/mol. The predicted molar refractivity (Wildman–Crippen MR) is 173 cm³/mol. The summed E-state index contributed by atoms with van der Waals surface area (Å²) in [7, 11) is -3.55. The topological polar surface area (TPSA) is 147 Å². The molecular formula is C31H39ClF3N7O4S. The second-order valence-corrected chi connectivity index (χ2v) is 15.3. The number of nitrogens with one attached hydrogen (secondary N) is 3. The summed E-state index contributed by atoms with van der Waals surface area (Å²) >= 11 is 6.51. The van der Waals surface area contributed by atoms with Crippen LogP contribution in [0.25, 0.3) is 10.9 Å². The molecule has 3 aliphatic rings. The second kappa shape index (κ2) is 13.4. The molecular weight excluding hydrogens is 659 g/mol. The van der Waals surface area contributed by atoms with Gasteiger partial charge in [-0.15, -0.1) is 0 Å². The normalized spacial score (nSPS) is 23.3. The van der Waals surface area contributed by atoms with Crippen molar-refractivity contribution in [3.05, 3.63) is 40.3 Å². The van der Waals surface area contributed by atoms with E-state index < -0.39 is 22.6 Å². The summed E-state index contributed by atoms with van der Waals surface area (Å²) in [6.45, 7) is 3.40. The van der Waals surface area contributed by atoms with Crippen LogP contribution in [0.1, 0.15) is 73.0 Å². The van der Waals surface area contributed by atoms with Crippen LogP contribution in [0.5, 0.6) is 5.88 Å². The van der Waals surface area contributed by atoms with Crippen molar-refractivity contribution in [1.29, 1.82) is 0 Å². The highest BCUT2D eigenvalue weighted by atomic mass is 35.5. The number of amides is 1. The minimum atomic E-state index is -4.16. The van der Waals surface area contributed by atoms with Crippen LogP contribution in [-0.4, -0.2) is 99.5 Å². The number of sulfonamides is 1. The monoisotopic (exact) mass is 697 g/mol. The molecule has 0 saturated carbocycles. The summed E-state index contributed by atoms with van der Waals surface area (Å²) < 4.78 is 66.4. The van der Waals surface area contributed by atoms with Crippen molar-refractivity contribution in [3.63, 3.8) is 0 Å². The summed E-state index contributed by atoms with van der Waals surface area (Å²) in [5, 5.41) is 14.4. The maximum atomic E-state index is 13.6. The zero-order valence-electron chi connectivity index (χ0n) is 26.0. The standard InChI is InChI=1S/C31H39ClF3N7O4S/c1-18-28(38-17-37-18)36-15-25-23-13-24(26(32)14-27(23)40-30(25)44)29(43)39-20-11-21-3-4-22(12-20)42(21)47(45,46)16-19-5-9-41(10-6-19)8-2-7-31(33,34)35/h13-15,17,19-22,40,44H,2-12,16H2,1H3,(H,37,38)(H,39,43)/b36-15+/t20?,21-,22+. The smallest absolute Gasteiger partial charge is 0.389 e. The van der Waals surface area contributed by atoms with Crippen molar-refractivity contribution in [1.82, 2.24) is 29.5 Å². The van der Waals surface area contributed by atoms with E-state index >= 15 is 0 Å². The number of hydrogen-bond donors (Lipinski definition) is 4. The number of piperidine rings is 2. The number of aliphatic imine (C=N–C) groups is 1. The number of likely N-dealkylation sites (tertiary alicyclic amines) is 1. The van der Waals surface area contributed by atoms with E-state index in [0.29, 0.717) is 67.6 Å². The van der Waals surface area contributed by atoms with E-state index in [0.717, 1.165) is 18.5 Å². The number of alkyl halides is 3. The van der Waals surface area contributed by atoms with Crippen LogP contribution in [0, 0.1) is 12.8 Å². The zero-order valence-corrected chi connectivity index (χ0v) is 27.6. The highest BCUT2D eigenvalue weighted by Crippen LogP contribution is 2.39. The lowest BCUT2D eigenvalue weighted by Gasteiger charge is -2.39. The van der Waals surface area contributed by atoms with E-state index in [2.05, 4.69) is 25.3 Å². The number of aromatic amines is 2. The molecule has 11 nitrogen and oxygen atoms in total. The predicted octanol–water partition coefficient (Wildman–Crippen LogP) is 5.42. The minimum absolute atomic E-state index is 0.0288. The van der Waals surface area contributed by atoms with Crippen LogP contribution in [-0.2, 0) is 10.0 Å². The number of carbonyl (C=O) groups excluding carboxylic acids is 1. The van der Waals surface area contributed by atoms with E-state index in [1.807, 2.05) is 11.8 Å². The molecule has 47 heavy (non-hydrogen) atoms. The highest BCUT2D eigenvalue weighted by Gasteiger charge is 2.47. The number of H-pyrrole nitrogens is 2. The van der Waals surface area contributed by atoms with E-state index in [4.69, 9.17) is 11.6 Å². The van der Waals surface area contributed by atoms with Gasteiger partial charge in [0.25, 0.3) is 5.91 Å². The van der Waals surface area contributed by atoms with E-state index in [1.165, 1.54) is 12.5 Å². The molecule has 5 heterocycles. The first-order chi connectivity index (χ1) is 22.3. The van der Waals surface area contributed by atoms with E-state index in [1.54, 1.807) is 16.4 Å². The van der Waals surface area contributed by atoms with Gasteiger partial charge in [0, 0.05) is 36.1 Å². The Morgan fingerprint density at radius 1 is 1.19 bits per heavy atom. The number of aromatic hydroxyl groups is 1. The van der Waals surface area contributed by atoms with Crippen molar-refractivity contribution in [3.8, 4) is 5.88 Å². The summed E-state index contributed by atoms with van der Waals surface area (Å²) in [4.78, 5) is 29.8. The summed E-state index contributed by atoms with van der Waals surface area (Å²) in [5.74, 6) is -0.0255. The molecule has 3 fully saturated rings. The molecule has 0 aliphatic carbocycles. The number of aromatic nitrogens is 3. The molecule has 3 atom stereocenters. The Labute approximate surface area is 276 Å². The number of hydrogen-bond acceptors (Lipinski definition) is 7. The maximum Gasteiger partial charge on any atom is 0.389 e. The third kappa shape index (κ3) is 7.63. The number of nitrogens with zero attached hydrogens (tertiary/aromatic N) is 4. The first-order valence-corrected chi connectivity index (χ1v) is 18.0. The molecule has 6 rings (SSSR count). The summed E-state index contributed by atoms with van der Waals surface area (Å²) in [5.41, 5.74) is 1.92. The molecule has 1 amide bonds. The number of halogens is 4. The Morgan fingerprint density at radius 3 is 2.53 bits per heavy atom. The van der Waals surface area contributed by atoms with Crippen LogP contribution in [0.15, 0.2) is 23.5 Å². The maximum absolute atomic E-state index is 13.6. The minimum Gasteiger partial charge on any atom is -0.494 e. The Kier molecular flexibility index (Phi) is 9.62. The lowest BCUT2D eigenvalue weighted by Crippen LogP contribution is -2.53. The van der Waals surface area contributed by atoms with E-state index in [9.17, 15) is 31.5 Å². The van der Waals surface area contributed by atoms with Gasteiger partial charge in [-0.25, -0.2) is 18.4 Å². The molecule has 2 bridgehead atoms. The van der Waals surface area contributed by atoms with Gasteiger partial charge in [0.15, 0.2) is 11.7 Å². The van der Waals surface area contributed by atoms with Gasteiger partial charge in [-0.3, -0.25) is 4.79 Å². The number of imidazole rings is 1. The molecule has 3 aromatic rings. The number of rotatable bonds is 10. The number of benzene rings is 1. The molecule has 0 radical (unpaired) electrons. The first-order valence-electron chi connectivity index (χ1n) is 16.0. The van der Waals surface area contributed by atoms with Gasteiger partial charge < -0.3 is 25.3 Å². The second-order valence-electron chi connectivity index (χ2n) is 13.0. The molecule has 1 unspecified atom stereocenters. The van der Waals surface area contributed by atoms with Gasteiger partial charge in [0.05, 0.1) is 39.4 Å². The lowest BCUT2D eigenvalue weighted by atomic mass is 9.98. The van der Waals surface area contributed by atoms with Crippen LogP contribution < -0.4 is 5.32 Å². The van der Waals surface area contributed by atoms with Crippen LogP contribution in [0.3, 0.4) is 0 Å². The van der Waals surface area contributed by atoms with Gasteiger partial charge in [0.1, 0.15) is 0 Å². The Hall–Kier alpha value is -3.14. The van der Waals surface area contributed by atoms with Crippen LogP contribution >= 0.6 is 11.6 Å². The largest absolute Gasteiger partial charge is 0.494 e. The third-order valence-electron chi connectivity index (χ3n) is 9.68. The number of carbonyl (C=O) groups is 1. The number of fused-ring (bicyclic) bond motifs is 3. The molecule has 256 valence electrons. The highest BCUT2D eigenvalue weighted by molar-refractivity contribution is 7.89. The fourth-order valence-electron chi connectivity index (χ4n) is 7.37. The molecule has 4 N–H and O–H groups in total. The Morgan fingerprint density at radius 2 is 1.89 bits per heavy atom. The van der Waals surface area contributed by atoms with E-state index in [-0.39, 0.29) is 58.6 Å². The molecule has 3 saturated heterocycles. The third-order valence-corrected chi connectivity index (χ3v) is 12.1. The fraction of sp³-hybridized carbons (Fsp3) is 0.581. The van der Waals surface area contributed by atoms with Crippen molar-refractivity contribution in [2.75, 3.05) is 25.4 Å². The zero-order chi connectivity index (χ0) is 33.5. The Bertz CT molecular complexity index is 1740. The number of aryl methyl sites for hydroxylation is 1. The van der Waals surface area contributed by atoms with Crippen molar-refractivity contribution in [2.24, 2.45) is 10.9 Å². The average Bonchev–Trinajstić information content (AvgIpc) is 3.63. The SMILES string of the molecule is Cc1[nH]cnc1/N=C/c1c(O)[nH]c2cc(Cl)c(C(=O)NC3C[C@H]4CC[C@@H](C3)N4S(=O)(=O)CC3CCN(CCCC(F)(F)F)CC3)cc12. The van der Waals surface area contributed by atoms with Crippen LogP contribution in [0.4, 0.5) is 19.0 Å². The summed E-state index contributed by atoms with van der Waals surface area (Å²) in [6, 6.07) is 2.53.